The van der Waals surface area contributed by atoms with Crippen LogP contribution in [0.5, 0.6) is 0 Å². The highest BCUT2D eigenvalue weighted by atomic mass is 15.3. The molecular weight excluding hydrogens is 234 g/mol. The van der Waals surface area contributed by atoms with Crippen molar-refractivity contribution in [1.82, 2.24) is 9.80 Å². The Bertz CT molecular complexity index is 392. The van der Waals surface area contributed by atoms with Crippen molar-refractivity contribution >= 4 is 0 Å². The van der Waals surface area contributed by atoms with Crippen LogP contribution in [0, 0.1) is 0 Å². The normalized spacial score (nSPS) is 26.9. The number of hydrogen-bond acceptors (Lipinski definition) is 3. The van der Waals surface area contributed by atoms with E-state index in [2.05, 4.69) is 40.1 Å². The Morgan fingerprint density at radius 2 is 1.89 bits per heavy atom. The number of rotatable bonds is 3. The number of nitrogens with zero attached hydrogens (tertiary/aromatic N) is 2. The number of fused-ring (bicyclic) bond motifs is 1. The Morgan fingerprint density at radius 3 is 2.74 bits per heavy atom. The number of hydrogen-bond donors (Lipinski definition) is 1. The maximum absolute atomic E-state index is 6.36. The van der Waals surface area contributed by atoms with Crippen molar-refractivity contribution in [2.45, 2.75) is 31.3 Å². The summed E-state index contributed by atoms with van der Waals surface area (Å²) < 4.78 is 0. The summed E-state index contributed by atoms with van der Waals surface area (Å²) in [5.41, 5.74) is 7.62. The third kappa shape index (κ3) is 3.16. The highest BCUT2D eigenvalue weighted by molar-refractivity contribution is 5.18. The van der Waals surface area contributed by atoms with Gasteiger partial charge in [-0.3, -0.25) is 9.80 Å². The first kappa shape index (κ1) is 13.1. The lowest BCUT2D eigenvalue weighted by Gasteiger charge is -2.27. The molecule has 3 nitrogen and oxygen atoms in total. The van der Waals surface area contributed by atoms with Crippen molar-refractivity contribution in [2.75, 3.05) is 32.7 Å². The summed E-state index contributed by atoms with van der Waals surface area (Å²) >= 11 is 0. The summed E-state index contributed by atoms with van der Waals surface area (Å²) in [7, 11) is 0. The van der Waals surface area contributed by atoms with Gasteiger partial charge in [-0.2, -0.15) is 0 Å². The number of benzene rings is 1. The van der Waals surface area contributed by atoms with Gasteiger partial charge in [0.25, 0.3) is 0 Å². The third-order valence-corrected chi connectivity index (χ3v) is 4.57. The molecule has 1 aromatic carbocycles. The van der Waals surface area contributed by atoms with E-state index in [9.17, 15) is 0 Å². The first-order chi connectivity index (χ1) is 9.33. The number of nitrogens with two attached hydrogens (primary N) is 1. The van der Waals surface area contributed by atoms with Gasteiger partial charge in [0.2, 0.25) is 0 Å². The minimum atomic E-state index is 0.147. The van der Waals surface area contributed by atoms with Crippen molar-refractivity contribution < 1.29 is 0 Å². The molecule has 0 spiro atoms. The van der Waals surface area contributed by atoms with Crippen molar-refractivity contribution in [1.29, 1.82) is 0 Å². The molecule has 1 aromatic rings. The van der Waals surface area contributed by atoms with Gasteiger partial charge >= 0.3 is 0 Å². The molecule has 3 rings (SSSR count). The zero-order valence-electron chi connectivity index (χ0n) is 11.7. The maximum atomic E-state index is 6.36. The summed E-state index contributed by atoms with van der Waals surface area (Å²) in [6, 6.07) is 11.4. The summed E-state index contributed by atoms with van der Waals surface area (Å²) in [6.07, 6.45) is 4.04. The average molecular weight is 259 g/mol. The van der Waals surface area contributed by atoms with Crippen molar-refractivity contribution in [3.8, 4) is 0 Å². The predicted molar refractivity (Wildman–Crippen MR) is 79.0 cm³/mol. The Hall–Kier alpha value is -0.900. The average Bonchev–Trinajstić information content (AvgIpc) is 2.79. The monoisotopic (exact) mass is 259 g/mol. The minimum absolute atomic E-state index is 0.147. The molecule has 2 aliphatic heterocycles. The van der Waals surface area contributed by atoms with E-state index in [4.69, 9.17) is 5.73 Å². The molecule has 2 fully saturated rings. The lowest BCUT2D eigenvalue weighted by molar-refractivity contribution is 0.213. The van der Waals surface area contributed by atoms with E-state index in [1.165, 1.54) is 51.0 Å². The van der Waals surface area contributed by atoms with Crippen LogP contribution in [0.4, 0.5) is 0 Å². The van der Waals surface area contributed by atoms with Gasteiger partial charge in [-0.1, -0.05) is 30.3 Å². The van der Waals surface area contributed by atoms with E-state index < -0.39 is 0 Å². The second kappa shape index (κ2) is 6.04. The highest BCUT2D eigenvalue weighted by Crippen LogP contribution is 2.22. The molecule has 2 aliphatic rings. The molecule has 0 bridgehead atoms. The van der Waals surface area contributed by atoms with Gasteiger partial charge in [0.15, 0.2) is 0 Å². The standard InChI is InChI=1S/C16H25N3/c17-16(14-6-2-1-3-7-14)13-18-9-5-11-19-10-4-8-15(19)12-18/h1-3,6-7,15-16H,4-5,8-13,17H2. The van der Waals surface area contributed by atoms with E-state index >= 15 is 0 Å². The van der Waals surface area contributed by atoms with Crippen molar-refractivity contribution in [3.63, 3.8) is 0 Å². The molecule has 104 valence electrons. The first-order valence-electron chi connectivity index (χ1n) is 7.60. The van der Waals surface area contributed by atoms with Crippen molar-refractivity contribution in [2.24, 2.45) is 5.73 Å². The van der Waals surface area contributed by atoms with Gasteiger partial charge < -0.3 is 5.73 Å². The predicted octanol–water partition coefficient (Wildman–Crippen LogP) is 1.86. The summed E-state index contributed by atoms with van der Waals surface area (Å²) in [4.78, 5) is 5.25. The summed E-state index contributed by atoms with van der Waals surface area (Å²) in [5, 5.41) is 0. The molecule has 0 radical (unpaired) electrons. The SMILES string of the molecule is NC(CN1CCCN2CCCC2C1)c1ccccc1. The fraction of sp³-hybridized carbons (Fsp3) is 0.625. The molecule has 2 saturated heterocycles. The van der Waals surface area contributed by atoms with E-state index in [1.807, 2.05) is 0 Å². The third-order valence-electron chi connectivity index (χ3n) is 4.57. The molecule has 3 heteroatoms. The van der Waals surface area contributed by atoms with E-state index in [0.717, 1.165) is 12.6 Å². The van der Waals surface area contributed by atoms with Crippen LogP contribution in [-0.2, 0) is 0 Å². The Balaban J connectivity index is 1.60. The molecular formula is C16H25N3. The van der Waals surface area contributed by atoms with Crippen LogP contribution < -0.4 is 5.73 Å². The topological polar surface area (TPSA) is 32.5 Å². The van der Waals surface area contributed by atoms with Gasteiger partial charge in [0.05, 0.1) is 0 Å². The van der Waals surface area contributed by atoms with Gasteiger partial charge in [-0.05, 0) is 44.5 Å². The zero-order chi connectivity index (χ0) is 13.1. The second-order valence-corrected chi connectivity index (χ2v) is 5.96. The first-order valence-corrected chi connectivity index (χ1v) is 7.60. The molecule has 0 amide bonds. The quantitative estimate of drug-likeness (QED) is 0.899. The largest absolute Gasteiger partial charge is 0.323 e. The van der Waals surface area contributed by atoms with E-state index in [-0.39, 0.29) is 6.04 Å². The van der Waals surface area contributed by atoms with Crippen LogP contribution >= 0.6 is 0 Å². The minimum Gasteiger partial charge on any atom is -0.323 e. The fourth-order valence-electron chi connectivity index (χ4n) is 3.53. The van der Waals surface area contributed by atoms with E-state index in [0.29, 0.717) is 0 Å². The van der Waals surface area contributed by atoms with Gasteiger partial charge in [-0.15, -0.1) is 0 Å². The van der Waals surface area contributed by atoms with Gasteiger partial charge in [0, 0.05) is 25.2 Å². The van der Waals surface area contributed by atoms with Crippen LogP contribution in [0.15, 0.2) is 30.3 Å². The van der Waals surface area contributed by atoms with Crippen molar-refractivity contribution in [3.05, 3.63) is 35.9 Å². The fourth-order valence-corrected chi connectivity index (χ4v) is 3.53. The Labute approximate surface area is 116 Å². The Morgan fingerprint density at radius 1 is 1.11 bits per heavy atom. The van der Waals surface area contributed by atoms with Crippen LogP contribution in [0.2, 0.25) is 0 Å². The van der Waals surface area contributed by atoms with Gasteiger partial charge in [-0.25, -0.2) is 0 Å². The van der Waals surface area contributed by atoms with Crippen LogP contribution in [0.3, 0.4) is 0 Å². The molecule has 2 heterocycles. The van der Waals surface area contributed by atoms with Crippen LogP contribution in [0.25, 0.3) is 0 Å². The Kier molecular flexibility index (Phi) is 4.16. The molecule has 0 aromatic heterocycles. The second-order valence-electron chi connectivity index (χ2n) is 5.96. The van der Waals surface area contributed by atoms with E-state index in [1.54, 1.807) is 0 Å². The lowest BCUT2D eigenvalue weighted by atomic mass is 10.1. The molecule has 0 saturated carbocycles. The maximum Gasteiger partial charge on any atom is 0.0424 e. The molecule has 0 aliphatic carbocycles. The zero-order valence-corrected chi connectivity index (χ0v) is 11.7. The molecule has 2 unspecified atom stereocenters. The highest BCUT2D eigenvalue weighted by Gasteiger charge is 2.29. The molecule has 2 atom stereocenters. The lowest BCUT2D eigenvalue weighted by Crippen LogP contribution is -2.39. The summed E-state index contributed by atoms with van der Waals surface area (Å²) in [6.45, 7) is 5.99. The molecule has 19 heavy (non-hydrogen) atoms. The van der Waals surface area contributed by atoms with Crippen LogP contribution in [0.1, 0.15) is 30.9 Å². The van der Waals surface area contributed by atoms with Gasteiger partial charge in [0.1, 0.15) is 0 Å². The van der Waals surface area contributed by atoms with Crippen LogP contribution in [-0.4, -0.2) is 48.6 Å². The summed E-state index contributed by atoms with van der Waals surface area (Å²) in [5.74, 6) is 0. The smallest absolute Gasteiger partial charge is 0.0424 e. The molecule has 2 N–H and O–H groups in total.